The minimum absolute atomic E-state index is 0.106. The van der Waals surface area contributed by atoms with Gasteiger partial charge in [-0.25, -0.2) is 4.79 Å². The fourth-order valence-corrected chi connectivity index (χ4v) is 3.37. The van der Waals surface area contributed by atoms with Crippen molar-refractivity contribution in [1.82, 2.24) is 5.32 Å². The number of nitrogens with one attached hydrogen (secondary N) is 2. The summed E-state index contributed by atoms with van der Waals surface area (Å²) in [6.07, 6.45) is 0.155. The lowest BCUT2D eigenvalue weighted by Crippen LogP contribution is -2.32. The second kappa shape index (κ2) is 7.70. The highest BCUT2D eigenvalue weighted by atomic mass is 16.7. The molecular weight excluding hydrogens is 376 g/mol. The van der Waals surface area contributed by atoms with E-state index in [1.165, 1.54) is 0 Å². The summed E-state index contributed by atoms with van der Waals surface area (Å²) in [6.45, 7) is 0.799. The van der Waals surface area contributed by atoms with Crippen molar-refractivity contribution in [3.05, 3.63) is 48.0 Å². The van der Waals surface area contributed by atoms with E-state index in [9.17, 15) is 14.4 Å². The number of fused-ring (bicyclic) bond motifs is 1. The Kier molecular flexibility index (Phi) is 4.94. The molecule has 2 heterocycles. The van der Waals surface area contributed by atoms with E-state index in [1.54, 1.807) is 47.4 Å². The molecule has 1 fully saturated rings. The Balaban J connectivity index is 1.34. The third kappa shape index (κ3) is 4.08. The summed E-state index contributed by atoms with van der Waals surface area (Å²) in [5, 5.41) is 5.33. The molecule has 2 aromatic rings. The Labute approximate surface area is 166 Å². The molecule has 9 heteroatoms. The number of benzene rings is 2. The number of carbonyl (C=O) groups is 3. The number of nitrogens with two attached hydrogens (primary N) is 1. The Morgan fingerprint density at radius 2 is 1.86 bits per heavy atom. The van der Waals surface area contributed by atoms with E-state index < -0.39 is 11.9 Å². The first-order valence-corrected chi connectivity index (χ1v) is 9.13. The third-order valence-corrected chi connectivity index (χ3v) is 4.85. The molecular formula is C20H20N4O5. The second-order valence-electron chi connectivity index (χ2n) is 6.85. The van der Waals surface area contributed by atoms with E-state index >= 15 is 0 Å². The lowest BCUT2D eigenvalue weighted by molar-refractivity contribution is -0.126. The zero-order chi connectivity index (χ0) is 20.4. The maximum atomic E-state index is 12.5. The molecule has 2 aliphatic heterocycles. The van der Waals surface area contributed by atoms with Crippen molar-refractivity contribution < 1.29 is 23.9 Å². The lowest BCUT2D eigenvalue weighted by Gasteiger charge is -2.17. The van der Waals surface area contributed by atoms with Crippen LogP contribution in [0.4, 0.5) is 16.2 Å². The van der Waals surface area contributed by atoms with Crippen LogP contribution >= 0.6 is 0 Å². The average Bonchev–Trinajstić information content (AvgIpc) is 3.32. The lowest BCUT2D eigenvalue weighted by atomic mass is 10.1. The van der Waals surface area contributed by atoms with Gasteiger partial charge < -0.3 is 30.7 Å². The zero-order valence-electron chi connectivity index (χ0n) is 15.5. The first-order valence-electron chi connectivity index (χ1n) is 9.13. The van der Waals surface area contributed by atoms with Gasteiger partial charge in [-0.3, -0.25) is 9.59 Å². The number of anilines is 2. The Morgan fingerprint density at radius 1 is 1.10 bits per heavy atom. The van der Waals surface area contributed by atoms with Crippen LogP contribution in [0.1, 0.15) is 12.0 Å². The van der Waals surface area contributed by atoms with Gasteiger partial charge in [-0.2, -0.15) is 0 Å². The van der Waals surface area contributed by atoms with Crippen molar-refractivity contribution in [1.29, 1.82) is 0 Å². The number of hydrogen-bond acceptors (Lipinski definition) is 5. The number of carbonyl (C=O) groups excluding carboxylic acids is 3. The molecule has 1 atom stereocenters. The Hall–Kier alpha value is -3.75. The molecule has 4 N–H and O–H groups in total. The molecule has 2 aromatic carbocycles. The van der Waals surface area contributed by atoms with Crippen molar-refractivity contribution in [2.75, 3.05) is 23.6 Å². The summed E-state index contributed by atoms with van der Waals surface area (Å²) in [7, 11) is 0. The van der Waals surface area contributed by atoms with E-state index in [-0.39, 0.29) is 25.0 Å². The molecule has 2 aliphatic rings. The van der Waals surface area contributed by atoms with Gasteiger partial charge in [0.1, 0.15) is 0 Å². The average molecular weight is 396 g/mol. The maximum absolute atomic E-state index is 12.5. The predicted molar refractivity (Wildman–Crippen MR) is 105 cm³/mol. The second-order valence-corrected chi connectivity index (χ2v) is 6.85. The van der Waals surface area contributed by atoms with Gasteiger partial charge in [-0.05, 0) is 29.8 Å². The van der Waals surface area contributed by atoms with Gasteiger partial charge in [0.05, 0.1) is 5.92 Å². The summed E-state index contributed by atoms with van der Waals surface area (Å²) in [5.74, 6) is 0.528. The molecule has 0 bridgehead atoms. The number of nitrogens with zero attached hydrogens (tertiary/aromatic N) is 1. The van der Waals surface area contributed by atoms with Gasteiger partial charge in [-0.15, -0.1) is 0 Å². The highest BCUT2D eigenvalue weighted by Gasteiger charge is 2.35. The van der Waals surface area contributed by atoms with Crippen LogP contribution in [0, 0.1) is 5.92 Å². The van der Waals surface area contributed by atoms with Gasteiger partial charge in [0.15, 0.2) is 11.5 Å². The van der Waals surface area contributed by atoms with Crippen LogP contribution < -0.4 is 30.7 Å². The molecule has 0 spiro atoms. The highest BCUT2D eigenvalue weighted by molar-refractivity contribution is 6.00. The van der Waals surface area contributed by atoms with Crippen molar-refractivity contribution in [3.63, 3.8) is 0 Å². The molecule has 9 nitrogen and oxygen atoms in total. The van der Waals surface area contributed by atoms with Crippen molar-refractivity contribution >= 4 is 29.2 Å². The number of ether oxygens (including phenoxy) is 2. The Morgan fingerprint density at radius 3 is 2.62 bits per heavy atom. The van der Waals surface area contributed by atoms with Crippen molar-refractivity contribution in [2.24, 2.45) is 11.7 Å². The monoisotopic (exact) mass is 396 g/mol. The van der Waals surface area contributed by atoms with E-state index in [0.29, 0.717) is 36.0 Å². The summed E-state index contributed by atoms with van der Waals surface area (Å²) >= 11 is 0. The summed E-state index contributed by atoms with van der Waals surface area (Å²) < 4.78 is 10.6. The van der Waals surface area contributed by atoms with Crippen molar-refractivity contribution in [3.8, 4) is 11.5 Å². The maximum Gasteiger partial charge on any atom is 0.316 e. The van der Waals surface area contributed by atoms with Crippen molar-refractivity contribution in [2.45, 2.75) is 13.0 Å². The van der Waals surface area contributed by atoms with E-state index in [4.69, 9.17) is 15.2 Å². The highest BCUT2D eigenvalue weighted by Crippen LogP contribution is 2.37. The van der Waals surface area contributed by atoms with Gasteiger partial charge >= 0.3 is 6.03 Å². The molecule has 29 heavy (non-hydrogen) atoms. The molecule has 0 aliphatic carbocycles. The molecule has 1 saturated heterocycles. The van der Waals surface area contributed by atoms with E-state index in [0.717, 1.165) is 5.56 Å². The molecule has 4 amide bonds. The van der Waals surface area contributed by atoms with Crippen LogP contribution in [0.25, 0.3) is 0 Å². The van der Waals surface area contributed by atoms with Crippen LogP contribution in [0.5, 0.6) is 11.5 Å². The largest absolute Gasteiger partial charge is 0.454 e. The van der Waals surface area contributed by atoms with Crippen LogP contribution in [-0.4, -0.2) is 31.2 Å². The quantitative estimate of drug-likeness (QED) is 0.708. The van der Waals surface area contributed by atoms with Gasteiger partial charge in [0.25, 0.3) is 0 Å². The van der Waals surface area contributed by atoms with Crippen LogP contribution in [-0.2, 0) is 16.1 Å². The minimum Gasteiger partial charge on any atom is -0.454 e. The number of primary amides is 1. The van der Waals surface area contributed by atoms with E-state index in [2.05, 4.69) is 10.6 Å². The number of urea groups is 1. The number of rotatable bonds is 5. The standard InChI is InChI=1S/C20H20N4O5/c21-20(27)23-14-3-1-12(2-4-14)9-22-19(26)13-7-18(25)24(10-13)15-5-6-16-17(8-15)29-11-28-16/h1-6,8,13H,7,9-11H2,(H,22,26)(H3,21,23,27). The molecule has 150 valence electrons. The summed E-state index contributed by atoms with van der Waals surface area (Å²) in [4.78, 5) is 37.4. The number of hydrogen-bond donors (Lipinski definition) is 3. The van der Waals surface area contributed by atoms with Crippen LogP contribution in [0.2, 0.25) is 0 Å². The smallest absolute Gasteiger partial charge is 0.316 e. The SMILES string of the molecule is NC(=O)Nc1ccc(CNC(=O)C2CC(=O)N(c3ccc4c(c3)OCO4)C2)cc1. The van der Waals surface area contributed by atoms with Gasteiger partial charge in [-0.1, -0.05) is 12.1 Å². The predicted octanol–water partition coefficient (Wildman–Crippen LogP) is 1.58. The summed E-state index contributed by atoms with van der Waals surface area (Å²) in [5.41, 5.74) is 7.20. The van der Waals surface area contributed by atoms with Crippen LogP contribution in [0.15, 0.2) is 42.5 Å². The first kappa shape index (κ1) is 18.6. The third-order valence-electron chi connectivity index (χ3n) is 4.85. The van der Waals surface area contributed by atoms with Gasteiger partial charge in [0.2, 0.25) is 18.6 Å². The minimum atomic E-state index is -0.635. The summed E-state index contributed by atoms with van der Waals surface area (Å²) in [6, 6.07) is 11.6. The topological polar surface area (TPSA) is 123 Å². The fraction of sp³-hybridized carbons (Fsp3) is 0.250. The first-order chi connectivity index (χ1) is 14.0. The van der Waals surface area contributed by atoms with Crippen LogP contribution in [0.3, 0.4) is 0 Å². The van der Waals surface area contributed by atoms with Gasteiger partial charge in [0, 0.05) is 37.0 Å². The normalized spacial score (nSPS) is 17.3. The molecule has 0 saturated carbocycles. The fourth-order valence-electron chi connectivity index (χ4n) is 3.37. The molecule has 0 radical (unpaired) electrons. The molecule has 1 unspecified atom stereocenters. The van der Waals surface area contributed by atoms with E-state index in [1.807, 2.05) is 0 Å². The zero-order valence-corrected chi connectivity index (χ0v) is 15.5. The Bertz CT molecular complexity index is 960. The molecule has 0 aromatic heterocycles. The molecule has 4 rings (SSSR count). The number of amides is 4.